The number of carbonyl (C=O) groups excluding carboxylic acids is 1. The first-order valence-corrected chi connectivity index (χ1v) is 7.58. The average molecular weight is 313 g/mol. The summed E-state index contributed by atoms with van der Waals surface area (Å²) in [5.74, 6) is -0.396. The topological polar surface area (TPSA) is 50.1 Å². The summed E-state index contributed by atoms with van der Waals surface area (Å²) in [6, 6.07) is 23.0. The molecule has 0 bridgehead atoms. The Hall–Kier alpha value is -3.38. The van der Waals surface area contributed by atoms with Gasteiger partial charge in [-0.2, -0.15) is 5.26 Å². The van der Waals surface area contributed by atoms with Crippen LogP contribution in [0.2, 0.25) is 0 Å². The third kappa shape index (κ3) is 3.68. The lowest BCUT2D eigenvalue weighted by Gasteiger charge is -2.06. The number of benzene rings is 3. The van der Waals surface area contributed by atoms with Crippen molar-refractivity contribution < 1.29 is 9.53 Å². The number of hydrogen-bond acceptors (Lipinski definition) is 3. The van der Waals surface area contributed by atoms with Crippen molar-refractivity contribution in [2.24, 2.45) is 0 Å². The third-order valence-corrected chi connectivity index (χ3v) is 3.70. The highest BCUT2D eigenvalue weighted by atomic mass is 16.5. The van der Waals surface area contributed by atoms with Gasteiger partial charge in [-0.3, -0.25) is 0 Å². The summed E-state index contributed by atoms with van der Waals surface area (Å²) < 4.78 is 5.32. The van der Waals surface area contributed by atoms with Gasteiger partial charge in [0.1, 0.15) is 6.61 Å². The first kappa shape index (κ1) is 15.5. The fourth-order valence-electron chi connectivity index (χ4n) is 2.45. The zero-order valence-corrected chi connectivity index (χ0v) is 13.0. The lowest BCUT2D eigenvalue weighted by atomic mass is 10.1. The number of nitriles is 1. The Morgan fingerprint density at radius 3 is 2.54 bits per heavy atom. The summed E-state index contributed by atoms with van der Waals surface area (Å²) in [5, 5.41) is 11.0. The van der Waals surface area contributed by atoms with E-state index in [4.69, 9.17) is 10.00 Å². The van der Waals surface area contributed by atoms with Crippen LogP contribution in [0.5, 0.6) is 0 Å². The van der Waals surface area contributed by atoms with Gasteiger partial charge in [-0.25, -0.2) is 4.79 Å². The van der Waals surface area contributed by atoms with Gasteiger partial charge >= 0.3 is 5.97 Å². The predicted octanol–water partition coefficient (Wildman–Crippen LogP) is 4.47. The fraction of sp³-hybridized carbons (Fsp3) is 0.0476. The van der Waals surface area contributed by atoms with Crippen LogP contribution in [0.25, 0.3) is 16.8 Å². The second kappa shape index (κ2) is 7.26. The van der Waals surface area contributed by atoms with Crippen LogP contribution in [0, 0.1) is 11.3 Å². The molecule has 0 amide bonds. The van der Waals surface area contributed by atoms with Gasteiger partial charge in [-0.1, -0.05) is 54.6 Å². The third-order valence-electron chi connectivity index (χ3n) is 3.70. The normalized spacial score (nSPS) is 10.6. The Bertz CT molecular complexity index is 929. The molecular weight excluding hydrogens is 298 g/mol. The van der Waals surface area contributed by atoms with Crippen LogP contribution in [-0.4, -0.2) is 5.97 Å². The van der Waals surface area contributed by atoms with Crippen LogP contribution < -0.4 is 0 Å². The molecule has 0 radical (unpaired) electrons. The highest BCUT2D eigenvalue weighted by Crippen LogP contribution is 2.19. The number of esters is 1. The largest absolute Gasteiger partial charge is 0.458 e. The second-order valence-electron chi connectivity index (χ2n) is 5.31. The molecule has 0 fully saturated rings. The number of fused-ring (bicyclic) bond motifs is 1. The number of carbonyl (C=O) groups is 1. The number of ether oxygens (including phenoxy) is 1. The molecule has 0 saturated carbocycles. The smallest absolute Gasteiger partial charge is 0.331 e. The minimum absolute atomic E-state index is 0.234. The Labute approximate surface area is 140 Å². The molecule has 3 aromatic rings. The molecule has 0 aliphatic carbocycles. The van der Waals surface area contributed by atoms with E-state index in [0.717, 1.165) is 21.9 Å². The molecule has 3 aromatic carbocycles. The molecular formula is C21H15NO2. The van der Waals surface area contributed by atoms with Crippen LogP contribution in [-0.2, 0) is 16.1 Å². The summed E-state index contributed by atoms with van der Waals surface area (Å²) in [6.45, 7) is 0.234. The van der Waals surface area contributed by atoms with Crippen molar-refractivity contribution in [2.45, 2.75) is 6.61 Å². The van der Waals surface area contributed by atoms with Crippen LogP contribution in [0.3, 0.4) is 0 Å². The molecule has 0 aliphatic heterocycles. The van der Waals surface area contributed by atoms with E-state index in [1.54, 1.807) is 30.3 Å². The highest BCUT2D eigenvalue weighted by molar-refractivity contribution is 5.88. The standard InChI is InChI=1S/C21H15NO2/c22-14-17-10-8-16(9-11-17)12-13-21(23)24-15-19-6-3-5-18-4-1-2-7-20(18)19/h1-13H,15H2/b13-12+. The minimum Gasteiger partial charge on any atom is -0.458 e. The maximum atomic E-state index is 11.9. The van der Waals surface area contributed by atoms with E-state index < -0.39 is 5.97 Å². The van der Waals surface area contributed by atoms with E-state index in [-0.39, 0.29) is 6.61 Å². The summed E-state index contributed by atoms with van der Waals surface area (Å²) in [6.07, 6.45) is 3.07. The van der Waals surface area contributed by atoms with Crippen molar-refractivity contribution in [3.05, 3.63) is 89.5 Å². The van der Waals surface area contributed by atoms with Gasteiger partial charge in [0, 0.05) is 6.08 Å². The second-order valence-corrected chi connectivity index (χ2v) is 5.31. The van der Waals surface area contributed by atoms with E-state index in [2.05, 4.69) is 6.07 Å². The van der Waals surface area contributed by atoms with E-state index in [0.29, 0.717) is 5.56 Å². The van der Waals surface area contributed by atoms with Crippen LogP contribution in [0.1, 0.15) is 16.7 Å². The van der Waals surface area contributed by atoms with Gasteiger partial charge in [0.05, 0.1) is 11.6 Å². The predicted molar refractivity (Wildman–Crippen MR) is 93.9 cm³/mol. The van der Waals surface area contributed by atoms with Crippen LogP contribution >= 0.6 is 0 Å². The van der Waals surface area contributed by atoms with Crippen molar-refractivity contribution in [1.29, 1.82) is 5.26 Å². The van der Waals surface area contributed by atoms with Gasteiger partial charge in [-0.05, 0) is 40.1 Å². The van der Waals surface area contributed by atoms with E-state index in [9.17, 15) is 4.79 Å². The quantitative estimate of drug-likeness (QED) is 0.527. The zero-order chi connectivity index (χ0) is 16.8. The van der Waals surface area contributed by atoms with Crippen LogP contribution in [0.4, 0.5) is 0 Å². The SMILES string of the molecule is N#Cc1ccc(/C=C/C(=O)OCc2cccc3ccccc23)cc1. The minimum atomic E-state index is -0.396. The monoisotopic (exact) mass is 313 g/mol. The Balaban J connectivity index is 1.64. The van der Waals surface area contributed by atoms with E-state index in [1.165, 1.54) is 6.08 Å². The van der Waals surface area contributed by atoms with Gasteiger partial charge in [0.25, 0.3) is 0 Å². The molecule has 0 N–H and O–H groups in total. The maximum absolute atomic E-state index is 11.9. The number of hydrogen-bond donors (Lipinski definition) is 0. The van der Waals surface area contributed by atoms with Gasteiger partial charge < -0.3 is 4.74 Å². The molecule has 3 nitrogen and oxygen atoms in total. The first-order chi connectivity index (χ1) is 11.8. The molecule has 0 atom stereocenters. The number of rotatable bonds is 4. The number of nitrogens with zero attached hydrogens (tertiary/aromatic N) is 1. The molecule has 24 heavy (non-hydrogen) atoms. The van der Waals surface area contributed by atoms with Crippen LogP contribution in [0.15, 0.2) is 72.8 Å². The molecule has 3 rings (SSSR count). The van der Waals surface area contributed by atoms with Crippen molar-refractivity contribution in [3.8, 4) is 6.07 Å². The maximum Gasteiger partial charge on any atom is 0.331 e. The summed E-state index contributed by atoms with van der Waals surface area (Å²) in [7, 11) is 0. The van der Waals surface area contributed by atoms with E-state index in [1.807, 2.05) is 42.5 Å². The summed E-state index contributed by atoms with van der Waals surface area (Å²) in [5.41, 5.74) is 2.41. The lowest BCUT2D eigenvalue weighted by molar-refractivity contribution is -0.138. The molecule has 0 unspecified atom stereocenters. The molecule has 0 heterocycles. The van der Waals surface area contributed by atoms with E-state index >= 15 is 0 Å². The van der Waals surface area contributed by atoms with Crippen molar-refractivity contribution in [2.75, 3.05) is 0 Å². The molecule has 0 saturated heterocycles. The van der Waals surface area contributed by atoms with Gasteiger partial charge in [-0.15, -0.1) is 0 Å². The van der Waals surface area contributed by atoms with Gasteiger partial charge in [0.15, 0.2) is 0 Å². The fourth-order valence-corrected chi connectivity index (χ4v) is 2.45. The molecule has 116 valence electrons. The summed E-state index contributed by atoms with van der Waals surface area (Å²) in [4.78, 5) is 11.9. The molecule has 3 heteroatoms. The Morgan fingerprint density at radius 1 is 1.00 bits per heavy atom. The lowest BCUT2D eigenvalue weighted by Crippen LogP contribution is -2.01. The van der Waals surface area contributed by atoms with Gasteiger partial charge in [0.2, 0.25) is 0 Å². The highest BCUT2D eigenvalue weighted by Gasteiger charge is 2.03. The molecule has 0 spiro atoms. The van der Waals surface area contributed by atoms with Crippen molar-refractivity contribution >= 4 is 22.8 Å². The molecule has 0 aromatic heterocycles. The Morgan fingerprint density at radius 2 is 1.75 bits per heavy atom. The molecule has 0 aliphatic rings. The Kier molecular flexibility index (Phi) is 4.69. The average Bonchev–Trinajstić information content (AvgIpc) is 2.65. The zero-order valence-electron chi connectivity index (χ0n) is 13.0. The van der Waals surface area contributed by atoms with Crippen molar-refractivity contribution in [1.82, 2.24) is 0 Å². The van der Waals surface area contributed by atoms with Crippen molar-refractivity contribution in [3.63, 3.8) is 0 Å². The summed E-state index contributed by atoms with van der Waals surface area (Å²) >= 11 is 0. The first-order valence-electron chi connectivity index (χ1n) is 7.58.